The van der Waals surface area contributed by atoms with Gasteiger partial charge in [-0.3, -0.25) is 0 Å². The van der Waals surface area contributed by atoms with E-state index in [-0.39, 0.29) is 0 Å². The molecule has 0 bridgehead atoms. The first-order valence-corrected chi connectivity index (χ1v) is 4.15. The molecule has 0 saturated heterocycles. The van der Waals surface area contributed by atoms with Crippen molar-refractivity contribution in [3.63, 3.8) is 0 Å². The van der Waals surface area contributed by atoms with Gasteiger partial charge in [0.1, 0.15) is 0 Å². The fraction of sp³-hybridized carbons (Fsp3) is 0.455. The van der Waals surface area contributed by atoms with Crippen molar-refractivity contribution in [2.45, 2.75) is 27.2 Å². The maximum absolute atomic E-state index is 3.68. The van der Waals surface area contributed by atoms with E-state index in [9.17, 15) is 0 Å². The lowest BCUT2D eigenvalue weighted by atomic mass is 10.0. The molecule has 0 heteroatoms. The Kier molecular flexibility index (Phi) is 5.54. The molecule has 0 amide bonds. The molecule has 0 radical (unpaired) electrons. The van der Waals surface area contributed by atoms with Crippen LogP contribution in [0.1, 0.15) is 27.2 Å². The minimum absolute atomic E-state index is 0.720. The van der Waals surface area contributed by atoms with Crippen molar-refractivity contribution in [3.05, 3.63) is 36.5 Å². The highest BCUT2D eigenvalue weighted by Crippen LogP contribution is 2.11. The van der Waals surface area contributed by atoms with E-state index in [1.165, 1.54) is 5.57 Å². The quantitative estimate of drug-likeness (QED) is 0.536. The molecular weight excluding hydrogens is 132 g/mol. The second-order valence-electron chi connectivity index (χ2n) is 3.08. The van der Waals surface area contributed by atoms with Crippen LogP contribution in [0, 0.1) is 5.92 Å². The largest absolute Gasteiger partial charge is 0.0991 e. The fourth-order valence-corrected chi connectivity index (χ4v) is 1.03. The molecule has 0 aliphatic rings. The zero-order chi connectivity index (χ0) is 8.69. The first-order valence-electron chi connectivity index (χ1n) is 4.15. The van der Waals surface area contributed by atoms with Gasteiger partial charge in [-0.15, -0.1) is 0 Å². The number of hydrogen-bond donors (Lipinski definition) is 0. The summed E-state index contributed by atoms with van der Waals surface area (Å²) >= 11 is 0. The van der Waals surface area contributed by atoms with Crippen molar-refractivity contribution >= 4 is 0 Å². The van der Waals surface area contributed by atoms with Crippen LogP contribution in [0.2, 0.25) is 0 Å². The highest BCUT2D eigenvalue weighted by atomic mass is 14.0. The molecule has 0 aliphatic carbocycles. The van der Waals surface area contributed by atoms with Crippen LogP contribution < -0.4 is 0 Å². The summed E-state index contributed by atoms with van der Waals surface area (Å²) in [6.45, 7) is 10.2. The average molecular weight is 150 g/mol. The summed E-state index contributed by atoms with van der Waals surface area (Å²) in [5, 5.41) is 0. The third kappa shape index (κ3) is 5.65. The van der Waals surface area contributed by atoms with Gasteiger partial charge < -0.3 is 0 Å². The lowest BCUT2D eigenvalue weighted by molar-refractivity contribution is 0.650. The van der Waals surface area contributed by atoms with Crippen molar-refractivity contribution in [2.75, 3.05) is 0 Å². The zero-order valence-electron chi connectivity index (χ0n) is 7.80. The molecule has 0 aromatic rings. The minimum atomic E-state index is 0.720. The Labute approximate surface area is 70.3 Å². The molecule has 0 nitrogen and oxygen atoms in total. The highest BCUT2D eigenvalue weighted by molar-refractivity contribution is 5.22. The molecule has 0 aromatic heterocycles. The molecule has 0 rings (SSSR count). The SMILES string of the molecule is C=CC=C(C=CC)CC(C)C. The monoisotopic (exact) mass is 150 g/mol. The first-order chi connectivity index (χ1) is 5.20. The van der Waals surface area contributed by atoms with E-state index >= 15 is 0 Å². The van der Waals surface area contributed by atoms with Crippen molar-refractivity contribution in [2.24, 2.45) is 5.92 Å². The number of hydrogen-bond acceptors (Lipinski definition) is 0. The van der Waals surface area contributed by atoms with Gasteiger partial charge in [0, 0.05) is 0 Å². The molecule has 11 heavy (non-hydrogen) atoms. The van der Waals surface area contributed by atoms with Gasteiger partial charge in [0.2, 0.25) is 0 Å². The van der Waals surface area contributed by atoms with Crippen LogP contribution in [0.4, 0.5) is 0 Å². The van der Waals surface area contributed by atoms with Crippen LogP contribution in [0.15, 0.2) is 36.5 Å². The second-order valence-corrected chi connectivity index (χ2v) is 3.08. The Bertz CT molecular complexity index is 159. The van der Waals surface area contributed by atoms with Crippen LogP contribution in [0.3, 0.4) is 0 Å². The highest BCUT2D eigenvalue weighted by Gasteiger charge is 1.95. The maximum atomic E-state index is 3.68. The summed E-state index contributed by atoms with van der Waals surface area (Å²) in [5.74, 6) is 0.720. The average Bonchev–Trinajstić information content (AvgIpc) is 1.87. The van der Waals surface area contributed by atoms with Gasteiger partial charge in [-0.1, -0.05) is 44.7 Å². The fourth-order valence-electron chi connectivity index (χ4n) is 1.03. The molecule has 0 spiro atoms. The normalized spacial score (nSPS) is 12.9. The van der Waals surface area contributed by atoms with Crippen LogP contribution >= 0.6 is 0 Å². The second kappa shape index (κ2) is 5.96. The van der Waals surface area contributed by atoms with Crippen LogP contribution in [-0.4, -0.2) is 0 Å². The Morgan fingerprint density at radius 1 is 1.45 bits per heavy atom. The molecule has 0 atom stereocenters. The summed E-state index contributed by atoms with van der Waals surface area (Å²) < 4.78 is 0. The van der Waals surface area contributed by atoms with E-state index in [0.717, 1.165) is 12.3 Å². The molecule has 0 fully saturated rings. The van der Waals surface area contributed by atoms with Crippen LogP contribution in [0.5, 0.6) is 0 Å². The van der Waals surface area contributed by atoms with Gasteiger partial charge in [0.15, 0.2) is 0 Å². The van der Waals surface area contributed by atoms with Crippen LogP contribution in [0.25, 0.3) is 0 Å². The predicted molar refractivity (Wildman–Crippen MR) is 52.5 cm³/mol. The first kappa shape index (κ1) is 10.2. The molecular formula is C11H18. The zero-order valence-corrected chi connectivity index (χ0v) is 7.80. The van der Waals surface area contributed by atoms with Crippen molar-refractivity contribution in [1.29, 1.82) is 0 Å². The van der Waals surface area contributed by atoms with E-state index < -0.39 is 0 Å². The van der Waals surface area contributed by atoms with E-state index in [1.807, 2.05) is 13.0 Å². The predicted octanol–water partition coefficient (Wildman–Crippen LogP) is 3.72. The lowest BCUT2D eigenvalue weighted by Gasteiger charge is -2.03. The Morgan fingerprint density at radius 2 is 2.09 bits per heavy atom. The lowest BCUT2D eigenvalue weighted by Crippen LogP contribution is -1.88. The van der Waals surface area contributed by atoms with Crippen molar-refractivity contribution in [1.82, 2.24) is 0 Å². The molecule has 0 heterocycles. The summed E-state index contributed by atoms with van der Waals surface area (Å²) in [6.07, 6.45) is 9.26. The molecule has 0 aliphatic heterocycles. The Balaban J connectivity index is 4.11. The Hall–Kier alpha value is -0.780. The van der Waals surface area contributed by atoms with Gasteiger partial charge in [-0.05, 0) is 24.8 Å². The molecule has 0 aromatic carbocycles. The molecule has 62 valence electrons. The summed E-state index contributed by atoms with van der Waals surface area (Å²) in [7, 11) is 0. The van der Waals surface area contributed by atoms with E-state index in [2.05, 4.69) is 38.7 Å². The summed E-state index contributed by atoms with van der Waals surface area (Å²) in [6, 6.07) is 0. The Morgan fingerprint density at radius 3 is 2.45 bits per heavy atom. The molecule has 0 N–H and O–H groups in total. The van der Waals surface area contributed by atoms with E-state index in [0.29, 0.717) is 0 Å². The maximum Gasteiger partial charge on any atom is -0.0256 e. The van der Waals surface area contributed by atoms with Crippen molar-refractivity contribution in [3.8, 4) is 0 Å². The molecule has 0 saturated carbocycles. The van der Waals surface area contributed by atoms with Crippen LogP contribution in [-0.2, 0) is 0 Å². The van der Waals surface area contributed by atoms with Gasteiger partial charge in [-0.2, -0.15) is 0 Å². The van der Waals surface area contributed by atoms with Gasteiger partial charge in [0.05, 0.1) is 0 Å². The van der Waals surface area contributed by atoms with E-state index in [4.69, 9.17) is 0 Å². The van der Waals surface area contributed by atoms with Gasteiger partial charge in [0.25, 0.3) is 0 Å². The van der Waals surface area contributed by atoms with E-state index in [1.54, 1.807) is 0 Å². The number of allylic oxidation sites excluding steroid dienone is 5. The standard InChI is InChI=1S/C11H18/c1-5-7-11(8-6-2)9-10(3)4/h5-8,10H,1,9H2,2-4H3. The summed E-state index contributed by atoms with van der Waals surface area (Å²) in [4.78, 5) is 0. The van der Waals surface area contributed by atoms with Gasteiger partial charge in [-0.25, -0.2) is 0 Å². The minimum Gasteiger partial charge on any atom is -0.0991 e. The topological polar surface area (TPSA) is 0 Å². The number of rotatable bonds is 4. The third-order valence-corrected chi connectivity index (χ3v) is 1.36. The van der Waals surface area contributed by atoms with Gasteiger partial charge >= 0.3 is 0 Å². The summed E-state index contributed by atoms with van der Waals surface area (Å²) in [5.41, 5.74) is 1.36. The molecule has 0 unspecified atom stereocenters. The smallest absolute Gasteiger partial charge is 0.0256 e. The van der Waals surface area contributed by atoms with Crippen molar-refractivity contribution < 1.29 is 0 Å². The third-order valence-electron chi connectivity index (χ3n) is 1.36.